The minimum absolute atomic E-state index is 0.0316. The first-order chi connectivity index (χ1) is 14.3. The van der Waals surface area contributed by atoms with E-state index in [1.165, 1.54) is 5.56 Å². The van der Waals surface area contributed by atoms with Crippen molar-refractivity contribution in [1.29, 1.82) is 0 Å². The molecule has 1 aromatic carbocycles. The van der Waals surface area contributed by atoms with Gasteiger partial charge in [-0.15, -0.1) is 0 Å². The third-order valence-corrected chi connectivity index (χ3v) is 6.23. The summed E-state index contributed by atoms with van der Waals surface area (Å²) in [6.45, 7) is 2.80. The lowest BCUT2D eigenvalue weighted by Crippen LogP contribution is -2.47. The molecule has 0 radical (unpaired) electrons. The van der Waals surface area contributed by atoms with Gasteiger partial charge in [0.2, 0.25) is 0 Å². The monoisotopic (exact) mass is 390 g/mol. The molecule has 6 nitrogen and oxygen atoms in total. The van der Waals surface area contributed by atoms with Crippen LogP contribution in [0.3, 0.4) is 0 Å². The van der Waals surface area contributed by atoms with Crippen molar-refractivity contribution in [2.45, 2.75) is 24.8 Å². The Morgan fingerprint density at radius 2 is 2.03 bits per heavy atom. The molecule has 3 aromatic rings. The number of imidazole rings is 1. The third-order valence-electron chi connectivity index (χ3n) is 6.23. The summed E-state index contributed by atoms with van der Waals surface area (Å²) in [5.41, 5.74) is 3.22. The molecule has 2 aliphatic rings. The zero-order chi connectivity index (χ0) is 19.6. The number of amides is 2. The Labute approximate surface area is 170 Å². The van der Waals surface area contributed by atoms with Crippen molar-refractivity contribution < 1.29 is 9.53 Å². The van der Waals surface area contributed by atoms with E-state index in [0.29, 0.717) is 18.4 Å². The fraction of sp³-hybridized carbons (Fsp3) is 0.391. The summed E-state index contributed by atoms with van der Waals surface area (Å²) >= 11 is 0. The molecule has 2 fully saturated rings. The lowest BCUT2D eigenvalue weighted by atomic mass is 9.84. The van der Waals surface area contributed by atoms with Crippen LogP contribution in [0.5, 0.6) is 0 Å². The molecule has 0 aliphatic carbocycles. The number of carbonyl (C=O) groups excluding carboxylic acids is 1. The van der Waals surface area contributed by atoms with Crippen molar-refractivity contribution in [3.63, 3.8) is 0 Å². The number of nitrogens with one attached hydrogen (secondary N) is 1. The molecule has 0 bridgehead atoms. The molecule has 0 spiro atoms. The van der Waals surface area contributed by atoms with Crippen LogP contribution in [0.4, 0.5) is 4.79 Å². The van der Waals surface area contributed by atoms with Gasteiger partial charge in [-0.3, -0.25) is 0 Å². The number of fused-ring (bicyclic) bond motifs is 2. The normalized spacial score (nSPS) is 23.9. The molecule has 2 aliphatic heterocycles. The largest absolute Gasteiger partial charge is 0.381 e. The molecule has 3 atom stereocenters. The number of pyridine rings is 1. The number of hydrogen-bond acceptors (Lipinski definition) is 3. The summed E-state index contributed by atoms with van der Waals surface area (Å²) in [6.07, 6.45) is 5.65. The SMILES string of the molecule is O=C(NCCc1cn2ccccc2n1)N1CC(c2ccccc2)C2COCCC21. The Hall–Kier alpha value is -2.86. The first-order valence-electron chi connectivity index (χ1n) is 10.4. The Balaban J connectivity index is 1.24. The van der Waals surface area contributed by atoms with Crippen LogP contribution in [0.25, 0.3) is 5.65 Å². The van der Waals surface area contributed by atoms with E-state index in [0.717, 1.165) is 43.9 Å². The maximum absolute atomic E-state index is 13.0. The van der Waals surface area contributed by atoms with Crippen LogP contribution in [-0.4, -0.2) is 52.7 Å². The van der Waals surface area contributed by atoms with E-state index in [1.807, 2.05) is 46.0 Å². The first-order valence-corrected chi connectivity index (χ1v) is 10.4. The van der Waals surface area contributed by atoms with Gasteiger partial charge >= 0.3 is 6.03 Å². The second kappa shape index (κ2) is 7.87. The zero-order valence-corrected chi connectivity index (χ0v) is 16.4. The number of nitrogens with zero attached hydrogens (tertiary/aromatic N) is 3. The van der Waals surface area contributed by atoms with Gasteiger partial charge in [0.15, 0.2) is 0 Å². The lowest BCUT2D eigenvalue weighted by Gasteiger charge is -2.32. The van der Waals surface area contributed by atoms with Crippen molar-refractivity contribution in [3.8, 4) is 0 Å². The maximum Gasteiger partial charge on any atom is 0.317 e. The van der Waals surface area contributed by atoms with Crippen LogP contribution in [-0.2, 0) is 11.2 Å². The Morgan fingerprint density at radius 3 is 2.90 bits per heavy atom. The Morgan fingerprint density at radius 1 is 1.17 bits per heavy atom. The van der Waals surface area contributed by atoms with Crippen LogP contribution >= 0.6 is 0 Å². The van der Waals surface area contributed by atoms with Crippen LogP contribution in [0, 0.1) is 5.92 Å². The fourth-order valence-electron chi connectivity index (χ4n) is 4.80. The van der Waals surface area contributed by atoms with E-state index in [1.54, 1.807) is 0 Å². The molecule has 3 unspecified atom stereocenters. The highest BCUT2D eigenvalue weighted by atomic mass is 16.5. The van der Waals surface area contributed by atoms with Crippen molar-refractivity contribution in [2.75, 3.05) is 26.3 Å². The van der Waals surface area contributed by atoms with Gasteiger partial charge in [0, 0.05) is 56.4 Å². The van der Waals surface area contributed by atoms with Gasteiger partial charge < -0.3 is 19.4 Å². The number of benzene rings is 1. The van der Waals surface area contributed by atoms with Crippen LogP contribution in [0.1, 0.15) is 23.6 Å². The second-order valence-corrected chi connectivity index (χ2v) is 7.94. The summed E-state index contributed by atoms with van der Waals surface area (Å²) in [6, 6.07) is 16.8. The summed E-state index contributed by atoms with van der Waals surface area (Å²) < 4.78 is 7.77. The van der Waals surface area contributed by atoms with E-state index in [4.69, 9.17) is 4.74 Å². The van der Waals surface area contributed by atoms with E-state index < -0.39 is 0 Å². The number of urea groups is 1. The van der Waals surface area contributed by atoms with Gasteiger partial charge in [-0.05, 0) is 24.1 Å². The summed E-state index contributed by atoms with van der Waals surface area (Å²) in [4.78, 5) is 19.6. The Bertz CT molecular complexity index is 954. The molecule has 0 saturated carbocycles. The molecule has 1 N–H and O–H groups in total. The second-order valence-electron chi connectivity index (χ2n) is 7.94. The molecule has 5 rings (SSSR count). The minimum atomic E-state index is 0.0316. The summed E-state index contributed by atoms with van der Waals surface area (Å²) in [5.74, 6) is 0.709. The lowest BCUT2D eigenvalue weighted by molar-refractivity contribution is 0.0262. The number of carbonyl (C=O) groups is 1. The van der Waals surface area contributed by atoms with Crippen LogP contribution in [0.2, 0.25) is 0 Å². The molecular weight excluding hydrogens is 364 g/mol. The van der Waals surface area contributed by atoms with E-state index in [2.05, 4.69) is 34.6 Å². The van der Waals surface area contributed by atoms with Crippen molar-refractivity contribution in [2.24, 2.45) is 5.92 Å². The standard InChI is InChI=1S/C23H26N4O2/c28-23(24-11-9-18-14-26-12-5-4-8-22(26)25-18)27-15-19(17-6-2-1-3-7-17)20-16-29-13-10-21(20)27/h1-8,12,14,19-21H,9-11,13,15-16H2,(H,24,28). The zero-order valence-electron chi connectivity index (χ0n) is 16.4. The summed E-state index contributed by atoms with van der Waals surface area (Å²) in [7, 11) is 0. The number of aromatic nitrogens is 2. The smallest absolute Gasteiger partial charge is 0.317 e. The van der Waals surface area contributed by atoms with Gasteiger partial charge in [-0.2, -0.15) is 0 Å². The molecule has 2 amide bonds. The molecule has 29 heavy (non-hydrogen) atoms. The quantitative estimate of drug-likeness (QED) is 0.745. The molecular formula is C23H26N4O2. The van der Waals surface area contributed by atoms with Gasteiger partial charge in [0.1, 0.15) is 5.65 Å². The van der Waals surface area contributed by atoms with E-state index in [9.17, 15) is 4.79 Å². The van der Waals surface area contributed by atoms with Gasteiger partial charge in [0.25, 0.3) is 0 Å². The molecule has 6 heteroatoms. The third kappa shape index (κ3) is 3.60. The molecule has 150 valence electrons. The highest BCUT2D eigenvalue weighted by molar-refractivity contribution is 5.75. The van der Waals surface area contributed by atoms with Gasteiger partial charge in [-0.1, -0.05) is 36.4 Å². The predicted octanol–water partition coefficient (Wildman–Crippen LogP) is 3.09. The van der Waals surface area contributed by atoms with Gasteiger partial charge in [0.05, 0.1) is 12.3 Å². The first kappa shape index (κ1) is 18.2. The fourth-order valence-corrected chi connectivity index (χ4v) is 4.80. The van der Waals surface area contributed by atoms with Crippen molar-refractivity contribution in [1.82, 2.24) is 19.6 Å². The highest BCUT2D eigenvalue weighted by Gasteiger charge is 2.45. The number of ether oxygens (including phenoxy) is 1. The van der Waals surface area contributed by atoms with E-state index in [-0.39, 0.29) is 12.1 Å². The summed E-state index contributed by atoms with van der Waals surface area (Å²) in [5, 5.41) is 3.12. The van der Waals surface area contributed by atoms with Crippen molar-refractivity contribution >= 4 is 11.7 Å². The number of hydrogen-bond donors (Lipinski definition) is 1. The maximum atomic E-state index is 13.0. The van der Waals surface area contributed by atoms with Crippen molar-refractivity contribution in [3.05, 3.63) is 72.2 Å². The van der Waals surface area contributed by atoms with Crippen LogP contribution < -0.4 is 5.32 Å². The minimum Gasteiger partial charge on any atom is -0.381 e. The van der Waals surface area contributed by atoms with Gasteiger partial charge in [-0.25, -0.2) is 9.78 Å². The van der Waals surface area contributed by atoms with E-state index >= 15 is 0 Å². The molecule has 4 heterocycles. The molecule has 2 aromatic heterocycles. The number of likely N-dealkylation sites (tertiary alicyclic amines) is 1. The number of rotatable bonds is 4. The average molecular weight is 390 g/mol. The average Bonchev–Trinajstić information content (AvgIpc) is 3.35. The Kier molecular flexibility index (Phi) is 4.94. The highest BCUT2D eigenvalue weighted by Crippen LogP contribution is 2.40. The topological polar surface area (TPSA) is 58.9 Å². The predicted molar refractivity (Wildman–Crippen MR) is 111 cm³/mol. The molecule has 2 saturated heterocycles. The van der Waals surface area contributed by atoms with Crippen LogP contribution in [0.15, 0.2) is 60.9 Å².